The van der Waals surface area contributed by atoms with Gasteiger partial charge in [0.1, 0.15) is 0 Å². The molecule has 1 aromatic rings. The van der Waals surface area contributed by atoms with E-state index in [9.17, 15) is 4.79 Å². The van der Waals surface area contributed by atoms with Gasteiger partial charge in [0, 0.05) is 10.8 Å². The van der Waals surface area contributed by atoms with E-state index in [2.05, 4.69) is 0 Å². The number of halogens is 1. The highest BCUT2D eigenvalue weighted by molar-refractivity contribution is 7.98. The molecule has 0 unspecified atom stereocenters. The fourth-order valence-corrected chi connectivity index (χ4v) is 2.77. The van der Waals surface area contributed by atoms with Crippen LogP contribution in [0.1, 0.15) is 32.3 Å². The lowest BCUT2D eigenvalue weighted by Gasteiger charge is -2.18. The normalized spacial score (nSPS) is 11.5. The Morgan fingerprint density at radius 2 is 2.06 bits per heavy atom. The molecule has 1 N–H and O–H groups in total. The van der Waals surface area contributed by atoms with Crippen LogP contribution in [-0.2, 0) is 10.5 Å². The summed E-state index contributed by atoms with van der Waals surface area (Å²) in [6, 6.07) is 7.82. The van der Waals surface area contributed by atoms with Crippen LogP contribution in [0.3, 0.4) is 0 Å². The lowest BCUT2D eigenvalue weighted by Crippen LogP contribution is -2.23. The van der Waals surface area contributed by atoms with Crippen molar-refractivity contribution in [3.63, 3.8) is 0 Å². The van der Waals surface area contributed by atoms with E-state index in [1.54, 1.807) is 25.6 Å². The second-order valence-electron chi connectivity index (χ2n) is 4.94. The van der Waals surface area contributed by atoms with E-state index in [1.165, 1.54) is 0 Å². The van der Waals surface area contributed by atoms with E-state index < -0.39 is 11.4 Å². The summed E-state index contributed by atoms with van der Waals surface area (Å²) in [6.45, 7) is 3.54. The van der Waals surface area contributed by atoms with Crippen LogP contribution in [-0.4, -0.2) is 16.8 Å². The number of aliphatic carboxylic acids is 1. The van der Waals surface area contributed by atoms with Crippen molar-refractivity contribution in [3.8, 4) is 0 Å². The molecule has 0 heterocycles. The number of hydrogen-bond acceptors (Lipinski definition) is 2. The third kappa shape index (κ3) is 4.91. The average Bonchev–Trinajstić information content (AvgIpc) is 2.30. The lowest BCUT2D eigenvalue weighted by molar-refractivity contribution is -0.147. The second kappa shape index (κ2) is 7.05. The molecular formula is C14H19ClO2S. The molecule has 0 spiro atoms. The minimum atomic E-state index is -0.724. The van der Waals surface area contributed by atoms with E-state index in [0.29, 0.717) is 6.42 Å². The fraction of sp³-hybridized carbons (Fsp3) is 0.500. The maximum absolute atomic E-state index is 10.9. The van der Waals surface area contributed by atoms with E-state index in [0.717, 1.165) is 28.5 Å². The molecule has 1 aromatic carbocycles. The molecule has 0 amide bonds. The molecule has 0 aliphatic rings. The third-order valence-corrected chi connectivity index (χ3v) is 4.35. The zero-order chi connectivity index (χ0) is 13.6. The maximum Gasteiger partial charge on any atom is 0.309 e. The average molecular weight is 287 g/mol. The smallest absolute Gasteiger partial charge is 0.309 e. The summed E-state index contributed by atoms with van der Waals surface area (Å²) in [6.07, 6.45) is 1.62. The molecule has 4 heteroatoms. The lowest BCUT2D eigenvalue weighted by atomic mass is 9.88. The molecule has 0 radical (unpaired) electrons. The maximum atomic E-state index is 10.9. The number of benzene rings is 1. The second-order valence-corrected chi connectivity index (χ2v) is 6.45. The Labute approximate surface area is 118 Å². The molecule has 18 heavy (non-hydrogen) atoms. The topological polar surface area (TPSA) is 37.3 Å². The number of carboxylic acid groups (broad SMARTS) is 1. The Bertz CT molecular complexity index is 405. The summed E-state index contributed by atoms with van der Waals surface area (Å²) in [5.74, 6) is 1.12. The predicted octanol–water partition coefficient (Wildman–Crippen LogP) is 4.46. The molecule has 1 rings (SSSR count). The molecule has 2 nitrogen and oxygen atoms in total. The number of carbonyl (C=O) groups is 1. The minimum absolute atomic E-state index is 0.620. The van der Waals surface area contributed by atoms with E-state index in [4.69, 9.17) is 16.7 Å². The van der Waals surface area contributed by atoms with Crippen molar-refractivity contribution in [1.29, 1.82) is 0 Å². The van der Waals surface area contributed by atoms with E-state index >= 15 is 0 Å². The summed E-state index contributed by atoms with van der Waals surface area (Å²) in [7, 11) is 0. The van der Waals surface area contributed by atoms with Gasteiger partial charge in [0.05, 0.1) is 5.41 Å². The van der Waals surface area contributed by atoms with Crippen molar-refractivity contribution in [2.24, 2.45) is 5.41 Å². The van der Waals surface area contributed by atoms with Crippen molar-refractivity contribution < 1.29 is 9.90 Å². The van der Waals surface area contributed by atoms with Crippen molar-refractivity contribution in [2.45, 2.75) is 32.4 Å². The van der Waals surface area contributed by atoms with Gasteiger partial charge >= 0.3 is 5.97 Å². The summed E-state index contributed by atoms with van der Waals surface area (Å²) < 4.78 is 0. The number of carboxylic acids is 1. The first-order valence-electron chi connectivity index (χ1n) is 5.98. The molecule has 0 fully saturated rings. The molecule has 100 valence electrons. The van der Waals surface area contributed by atoms with Gasteiger partial charge in [0.15, 0.2) is 0 Å². The van der Waals surface area contributed by atoms with Gasteiger partial charge in [0.2, 0.25) is 0 Å². The van der Waals surface area contributed by atoms with Crippen LogP contribution >= 0.6 is 23.4 Å². The van der Waals surface area contributed by atoms with Gasteiger partial charge in [-0.15, -0.1) is 0 Å². The van der Waals surface area contributed by atoms with Crippen LogP contribution < -0.4 is 0 Å². The molecule has 0 saturated heterocycles. The Morgan fingerprint density at radius 1 is 1.39 bits per heavy atom. The van der Waals surface area contributed by atoms with Crippen LogP contribution in [0.5, 0.6) is 0 Å². The van der Waals surface area contributed by atoms with Gasteiger partial charge in [-0.1, -0.05) is 29.8 Å². The summed E-state index contributed by atoms with van der Waals surface area (Å²) in [5, 5.41) is 9.79. The van der Waals surface area contributed by atoms with Gasteiger partial charge in [0.25, 0.3) is 0 Å². The monoisotopic (exact) mass is 286 g/mol. The molecule has 0 aliphatic carbocycles. The van der Waals surface area contributed by atoms with Crippen LogP contribution in [0.25, 0.3) is 0 Å². The summed E-state index contributed by atoms with van der Waals surface area (Å²) >= 11 is 7.86. The van der Waals surface area contributed by atoms with Crippen molar-refractivity contribution >= 4 is 29.3 Å². The van der Waals surface area contributed by atoms with Gasteiger partial charge in [-0.05, 0) is 44.1 Å². The Balaban J connectivity index is 2.24. The van der Waals surface area contributed by atoms with E-state index in [-0.39, 0.29) is 0 Å². The van der Waals surface area contributed by atoms with Gasteiger partial charge in [-0.25, -0.2) is 0 Å². The highest BCUT2D eigenvalue weighted by Gasteiger charge is 2.25. The van der Waals surface area contributed by atoms with Crippen LogP contribution in [0, 0.1) is 5.41 Å². The van der Waals surface area contributed by atoms with Crippen molar-refractivity contribution in [2.75, 3.05) is 5.75 Å². The molecule has 0 atom stereocenters. The Morgan fingerprint density at radius 3 is 2.67 bits per heavy atom. The standard InChI is InChI=1S/C14H19ClO2S/c1-14(2,13(16)17)8-5-9-18-10-11-6-3-4-7-12(11)15/h3-4,6-7H,5,8-10H2,1-2H3,(H,16,17). The van der Waals surface area contributed by atoms with Gasteiger partial charge < -0.3 is 5.11 Å². The number of thioether (sulfide) groups is 1. The highest BCUT2D eigenvalue weighted by Crippen LogP contribution is 2.25. The summed E-state index contributed by atoms with van der Waals surface area (Å²) in [5.41, 5.74) is 0.520. The molecule has 0 aliphatic heterocycles. The first kappa shape index (κ1) is 15.4. The minimum Gasteiger partial charge on any atom is -0.481 e. The zero-order valence-corrected chi connectivity index (χ0v) is 12.4. The molecule has 0 aromatic heterocycles. The fourth-order valence-electron chi connectivity index (χ4n) is 1.52. The van der Waals surface area contributed by atoms with Crippen LogP contribution in [0.4, 0.5) is 0 Å². The number of rotatable bonds is 7. The van der Waals surface area contributed by atoms with Crippen molar-refractivity contribution in [3.05, 3.63) is 34.9 Å². The molecular weight excluding hydrogens is 268 g/mol. The first-order valence-corrected chi connectivity index (χ1v) is 7.51. The third-order valence-electron chi connectivity index (χ3n) is 2.88. The molecule has 0 saturated carbocycles. The number of hydrogen-bond donors (Lipinski definition) is 1. The Hall–Kier alpha value is -0.670. The first-order chi connectivity index (χ1) is 8.43. The van der Waals surface area contributed by atoms with Gasteiger partial charge in [-0.2, -0.15) is 11.8 Å². The SMILES string of the molecule is CC(C)(CCCSCc1ccccc1Cl)C(=O)O. The zero-order valence-electron chi connectivity index (χ0n) is 10.8. The largest absolute Gasteiger partial charge is 0.481 e. The highest BCUT2D eigenvalue weighted by atomic mass is 35.5. The van der Waals surface area contributed by atoms with E-state index in [1.807, 2.05) is 24.3 Å². The van der Waals surface area contributed by atoms with Crippen LogP contribution in [0.2, 0.25) is 5.02 Å². The predicted molar refractivity (Wildman–Crippen MR) is 78.3 cm³/mol. The Kier molecular flexibility index (Phi) is 6.03. The quantitative estimate of drug-likeness (QED) is 0.752. The van der Waals surface area contributed by atoms with Crippen molar-refractivity contribution in [1.82, 2.24) is 0 Å². The molecule has 0 bridgehead atoms. The summed E-state index contributed by atoms with van der Waals surface area (Å²) in [4.78, 5) is 10.9. The van der Waals surface area contributed by atoms with Gasteiger partial charge in [-0.3, -0.25) is 4.79 Å². The van der Waals surface area contributed by atoms with Crippen LogP contribution in [0.15, 0.2) is 24.3 Å².